The van der Waals surface area contributed by atoms with Crippen LogP contribution in [0.5, 0.6) is 17.2 Å². The number of likely N-dealkylation sites (tertiary alicyclic amines) is 1. The van der Waals surface area contributed by atoms with Crippen molar-refractivity contribution in [3.63, 3.8) is 0 Å². The Hall–Kier alpha value is -4.48. The summed E-state index contributed by atoms with van der Waals surface area (Å²) in [4.78, 5) is 34.4. The highest BCUT2D eigenvalue weighted by Gasteiger charge is 2.47. The van der Waals surface area contributed by atoms with E-state index in [0.29, 0.717) is 30.4 Å². The van der Waals surface area contributed by atoms with Crippen LogP contribution in [0.25, 0.3) is 0 Å². The molecule has 53 heavy (non-hydrogen) atoms. The van der Waals surface area contributed by atoms with Crippen molar-refractivity contribution in [2.24, 2.45) is 5.92 Å². The van der Waals surface area contributed by atoms with Crippen molar-refractivity contribution in [2.45, 2.75) is 76.2 Å². The summed E-state index contributed by atoms with van der Waals surface area (Å²) >= 11 is 0. The second kappa shape index (κ2) is 16.7. The average Bonchev–Trinajstić information content (AvgIpc) is 3.93. The number of benzene rings is 3. The van der Waals surface area contributed by atoms with Gasteiger partial charge in [0.2, 0.25) is 5.91 Å². The van der Waals surface area contributed by atoms with E-state index < -0.39 is 29.6 Å². The summed E-state index contributed by atoms with van der Waals surface area (Å²) in [5.74, 6) is 0.765. The van der Waals surface area contributed by atoms with Crippen molar-refractivity contribution in [3.8, 4) is 17.2 Å². The van der Waals surface area contributed by atoms with Crippen molar-refractivity contribution >= 4 is 17.7 Å². The summed E-state index contributed by atoms with van der Waals surface area (Å²) < 4.78 is 28.2. The number of aliphatic hydroxyl groups excluding tert-OH is 1. The number of fused-ring (bicyclic) bond motifs is 1. The Bertz CT molecular complexity index is 1700. The summed E-state index contributed by atoms with van der Waals surface area (Å²) in [6, 6.07) is 21.8. The first-order chi connectivity index (χ1) is 25.5. The number of hydrogen-bond donors (Lipinski definition) is 1. The maximum Gasteiger partial charge on any atom is 0.410 e. The van der Waals surface area contributed by atoms with Crippen LogP contribution >= 0.6 is 0 Å². The topological polar surface area (TPSA) is 110 Å². The van der Waals surface area contributed by atoms with Crippen LogP contribution in [0.15, 0.2) is 66.7 Å². The van der Waals surface area contributed by atoms with Crippen molar-refractivity contribution < 1.29 is 38.4 Å². The number of carbonyl (C=O) groups is 2. The third-order valence-electron chi connectivity index (χ3n) is 10.3. The predicted molar refractivity (Wildman–Crippen MR) is 203 cm³/mol. The van der Waals surface area contributed by atoms with Gasteiger partial charge in [-0.3, -0.25) is 4.79 Å². The zero-order valence-corrected chi connectivity index (χ0v) is 32.0. The van der Waals surface area contributed by atoms with Gasteiger partial charge in [0.25, 0.3) is 0 Å². The fourth-order valence-corrected chi connectivity index (χ4v) is 7.73. The molecule has 6 rings (SSSR count). The Balaban J connectivity index is 1.27. The molecule has 0 aromatic heterocycles. The molecule has 2 aliphatic heterocycles. The molecule has 11 heteroatoms. The molecule has 4 atom stereocenters. The Morgan fingerprint density at radius 3 is 2.30 bits per heavy atom. The van der Waals surface area contributed by atoms with E-state index in [9.17, 15) is 9.90 Å². The maximum atomic E-state index is 15.0. The van der Waals surface area contributed by atoms with Crippen LogP contribution in [0.2, 0.25) is 0 Å². The number of ether oxygens (including phenoxy) is 5. The van der Waals surface area contributed by atoms with E-state index in [1.807, 2.05) is 68.1 Å². The van der Waals surface area contributed by atoms with Gasteiger partial charge in [0, 0.05) is 69.5 Å². The number of hydrogen-bond acceptors (Lipinski definition) is 9. The molecule has 11 nitrogen and oxygen atoms in total. The second-order valence-corrected chi connectivity index (χ2v) is 15.4. The van der Waals surface area contributed by atoms with E-state index in [1.165, 1.54) is 16.2 Å². The molecule has 0 spiro atoms. The third kappa shape index (κ3) is 9.37. The van der Waals surface area contributed by atoms with Crippen molar-refractivity contribution in [1.82, 2.24) is 9.80 Å². The largest absolute Gasteiger partial charge is 0.497 e. The number of aliphatic hydroxyl groups is 1. The van der Waals surface area contributed by atoms with Crippen LogP contribution in [-0.2, 0) is 20.9 Å². The Morgan fingerprint density at radius 2 is 1.62 bits per heavy atom. The molecule has 1 saturated heterocycles. The number of carbonyl (C=O) groups excluding carboxylic acids is 2. The Labute approximate surface area is 313 Å². The number of amides is 2. The molecule has 3 aliphatic rings. The summed E-state index contributed by atoms with van der Waals surface area (Å²) in [6.45, 7) is 8.86. The number of piperidine rings is 1. The van der Waals surface area contributed by atoms with E-state index in [-0.39, 0.29) is 37.6 Å². The van der Waals surface area contributed by atoms with Crippen molar-refractivity contribution in [1.29, 1.82) is 0 Å². The van der Waals surface area contributed by atoms with Gasteiger partial charge in [-0.15, -0.1) is 0 Å². The third-order valence-corrected chi connectivity index (χ3v) is 10.3. The van der Waals surface area contributed by atoms with Gasteiger partial charge in [-0.05, 0) is 87.1 Å². The smallest absolute Gasteiger partial charge is 0.410 e. The molecule has 0 bridgehead atoms. The van der Waals surface area contributed by atoms with Gasteiger partial charge in [0.1, 0.15) is 29.5 Å². The molecule has 286 valence electrons. The molecule has 0 radical (unpaired) electrons. The van der Waals surface area contributed by atoms with E-state index in [1.54, 1.807) is 21.3 Å². The van der Waals surface area contributed by atoms with E-state index in [0.717, 1.165) is 43.5 Å². The van der Waals surface area contributed by atoms with Crippen molar-refractivity contribution in [3.05, 3.63) is 83.4 Å². The first kappa shape index (κ1) is 38.3. The predicted octanol–water partition coefficient (Wildman–Crippen LogP) is 6.23. The summed E-state index contributed by atoms with van der Waals surface area (Å²) in [5.41, 5.74) is 3.39. The lowest BCUT2D eigenvalue weighted by atomic mass is 9.77. The van der Waals surface area contributed by atoms with Gasteiger partial charge in [-0.1, -0.05) is 30.3 Å². The molecule has 1 unspecified atom stereocenters. The van der Waals surface area contributed by atoms with Gasteiger partial charge in [0.15, 0.2) is 0 Å². The molecule has 2 fully saturated rings. The zero-order valence-electron chi connectivity index (χ0n) is 32.0. The fourth-order valence-electron chi connectivity index (χ4n) is 7.73. The van der Waals surface area contributed by atoms with E-state index in [2.05, 4.69) is 29.2 Å². The van der Waals surface area contributed by atoms with Gasteiger partial charge in [0.05, 0.1) is 32.8 Å². The number of para-hydroxylation sites is 1. The minimum atomic E-state index is -1.01. The van der Waals surface area contributed by atoms with Crippen LogP contribution in [0.3, 0.4) is 0 Å². The number of nitrogens with zero attached hydrogens (tertiary/aromatic N) is 3. The standard InChI is InChI=1S/C42H55N3O8/c1-42(2,3)53-41(48)44-25-36(40(47)45(31-15-16-31)24-30-23-43(17-10-18-49-4)37-14-8-7-13-35(30)37)39(38(46)26-44)29-11-9-12-32(21-29)52-27-28-19-33(50-5)22-34(20-28)51-6/h7-9,11-14,19-22,30-31,36,38-39,46H,10,15-18,23-27H2,1-6H3/t30?,36-,38+,39+/m0/s1. The highest BCUT2D eigenvalue weighted by molar-refractivity contribution is 5.82. The van der Waals surface area contributed by atoms with Gasteiger partial charge < -0.3 is 43.5 Å². The lowest BCUT2D eigenvalue weighted by Crippen LogP contribution is -2.56. The number of rotatable bonds is 14. The van der Waals surface area contributed by atoms with Gasteiger partial charge in [-0.2, -0.15) is 0 Å². The minimum Gasteiger partial charge on any atom is -0.497 e. The normalized spacial score (nSPS) is 21.2. The second-order valence-electron chi connectivity index (χ2n) is 15.4. The summed E-state index contributed by atoms with van der Waals surface area (Å²) in [5, 5.41) is 11.9. The molecule has 2 heterocycles. The molecule has 3 aromatic carbocycles. The monoisotopic (exact) mass is 729 g/mol. The fraction of sp³-hybridized carbons (Fsp3) is 0.524. The molecule has 1 aliphatic carbocycles. The Kier molecular flexibility index (Phi) is 12.0. The van der Waals surface area contributed by atoms with Crippen LogP contribution in [0.4, 0.5) is 10.5 Å². The SMILES string of the molecule is COCCCN1CC(CN(C(=O)[C@H]2CN(C(=O)OC(C)(C)C)C[C@@H](O)[C@@H]2c2cccc(OCc3cc(OC)cc(OC)c3)c2)C2CC2)c2ccccc21. The molecular formula is C42H55N3O8. The Morgan fingerprint density at radius 1 is 0.887 bits per heavy atom. The molecule has 1 N–H and O–H groups in total. The van der Waals surface area contributed by atoms with Gasteiger partial charge >= 0.3 is 6.09 Å². The molecule has 2 amide bonds. The number of β-amino-alcohol motifs (C(OH)–C–C–N with tert-alkyl or cyclic N) is 1. The molecule has 3 aromatic rings. The highest BCUT2D eigenvalue weighted by Crippen LogP contribution is 2.42. The number of methoxy groups -OCH3 is 3. The van der Waals surface area contributed by atoms with E-state index >= 15 is 4.79 Å². The van der Waals surface area contributed by atoms with Gasteiger partial charge in [-0.25, -0.2) is 4.79 Å². The van der Waals surface area contributed by atoms with Crippen LogP contribution in [0, 0.1) is 5.92 Å². The highest BCUT2D eigenvalue weighted by atomic mass is 16.6. The van der Waals surface area contributed by atoms with Crippen LogP contribution in [0.1, 0.15) is 68.6 Å². The lowest BCUT2D eigenvalue weighted by Gasteiger charge is -2.43. The van der Waals surface area contributed by atoms with Crippen molar-refractivity contribution in [2.75, 3.05) is 65.6 Å². The van der Waals surface area contributed by atoms with E-state index in [4.69, 9.17) is 23.7 Å². The quantitative estimate of drug-likeness (QED) is 0.193. The minimum absolute atomic E-state index is 0.0464. The molecular weight excluding hydrogens is 674 g/mol. The summed E-state index contributed by atoms with van der Waals surface area (Å²) in [6.07, 6.45) is 1.25. The van der Waals surface area contributed by atoms with Crippen LogP contribution in [-0.4, -0.2) is 105 Å². The molecule has 1 saturated carbocycles. The summed E-state index contributed by atoms with van der Waals surface area (Å²) in [7, 11) is 4.94. The number of anilines is 1. The first-order valence-corrected chi connectivity index (χ1v) is 18.7. The van der Waals surface area contributed by atoms with Crippen LogP contribution < -0.4 is 19.1 Å². The lowest BCUT2D eigenvalue weighted by molar-refractivity contribution is -0.141. The maximum absolute atomic E-state index is 15.0. The average molecular weight is 730 g/mol. The zero-order chi connectivity index (χ0) is 37.7. The first-order valence-electron chi connectivity index (χ1n) is 18.7.